The van der Waals surface area contributed by atoms with E-state index in [-0.39, 0.29) is 12.4 Å². The molecule has 108 valence electrons. The van der Waals surface area contributed by atoms with Crippen molar-refractivity contribution >= 4 is 18.3 Å². The maximum atomic E-state index is 12.0. The molecule has 1 amide bonds. The molecule has 1 unspecified atom stereocenters. The van der Waals surface area contributed by atoms with E-state index in [2.05, 4.69) is 13.8 Å². The molecule has 0 spiro atoms. The minimum Gasteiger partial charge on any atom is -0.343 e. The average Bonchev–Trinajstić information content (AvgIpc) is 3.06. The third-order valence-corrected chi connectivity index (χ3v) is 4.37. The normalized spacial score (nSPS) is 17.8. The largest absolute Gasteiger partial charge is 0.343 e. The highest BCUT2D eigenvalue weighted by atomic mass is 35.5. The van der Waals surface area contributed by atoms with Crippen LogP contribution in [-0.2, 0) is 4.79 Å². The zero-order chi connectivity index (χ0) is 12.9. The average molecular weight is 277 g/mol. The Hall–Kier alpha value is -0.280. The van der Waals surface area contributed by atoms with Gasteiger partial charge in [0.2, 0.25) is 5.91 Å². The van der Waals surface area contributed by atoms with Gasteiger partial charge in [0.05, 0.1) is 0 Å². The highest BCUT2D eigenvalue weighted by Crippen LogP contribution is 2.49. The van der Waals surface area contributed by atoms with Gasteiger partial charge in [-0.15, -0.1) is 12.4 Å². The summed E-state index contributed by atoms with van der Waals surface area (Å²) in [6, 6.07) is 0.388. The number of rotatable bonds is 8. The summed E-state index contributed by atoms with van der Waals surface area (Å²) in [5.74, 6) is 0.304. The van der Waals surface area contributed by atoms with E-state index in [9.17, 15) is 4.79 Å². The van der Waals surface area contributed by atoms with Crippen molar-refractivity contribution in [3.05, 3.63) is 0 Å². The van der Waals surface area contributed by atoms with Crippen molar-refractivity contribution in [2.24, 2.45) is 11.1 Å². The third-order valence-electron chi connectivity index (χ3n) is 4.37. The monoisotopic (exact) mass is 276 g/mol. The Morgan fingerprint density at radius 1 is 1.28 bits per heavy atom. The first kappa shape index (κ1) is 17.7. The molecule has 1 aliphatic carbocycles. The molecule has 0 radical (unpaired) electrons. The molecule has 0 aromatic rings. The second kappa shape index (κ2) is 8.00. The van der Waals surface area contributed by atoms with Crippen molar-refractivity contribution in [3.8, 4) is 0 Å². The van der Waals surface area contributed by atoms with Gasteiger partial charge in [0, 0.05) is 19.5 Å². The van der Waals surface area contributed by atoms with Crippen LogP contribution in [0.15, 0.2) is 0 Å². The van der Waals surface area contributed by atoms with E-state index in [4.69, 9.17) is 5.73 Å². The van der Waals surface area contributed by atoms with Crippen molar-refractivity contribution in [1.29, 1.82) is 0 Å². The van der Waals surface area contributed by atoms with Gasteiger partial charge in [0.1, 0.15) is 0 Å². The topological polar surface area (TPSA) is 46.3 Å². The number of hydrogen-bond donors (Lipinski definition) is 1. The second-order valence-electron chi connectivity index (χ2n) is 5.79. The Morgan fingerprint density at radius 3 is 2.33 bits per heavy atom. The van der Waals surface area contributed by atoms with Gasteiger partial charge in [-0.1, -0.05) is 19.8 Å². The van der Waals surface area contributed by atoms with Crippen LogP contribution < -0.4 is 5.73 Å². The van der Waals surface area contributed by atoms with Crippen LogP contribution in [-0.4, -0.2) is 30.4 Å². The molecule has 1 rings (SSSR count). The number of unbranched alkanes of at least 4 members (excludes halogenated alkanes) is 3. The van der Waals surface area contributed by atoms with Gasteiger partial charge in [-0.05, 0) is 44.6 Å². The summed E-state index contributed by atoms with van der Waals surface area (Å²) in [6.45, 7) is 5.23. The van der Waals surface area contributed by atoms with Gasteiger partial charge >= 0.3 is 0 Å². The number of carbonyl (C=O) groups excluding carboxylic acids is 1. The molecule has 1 aliphatic rings. The maximum absolute atomic E-state index is 12.0. The van der Waals surface area contributed by atoms with Crippen LogP contribution in [0.1, 0.15) is 58.8 Å². The summed E-state index contributed by atoms with van der Waals surface area (Å²) in [4.78, 5) is 13.9. The first-order valence-electron chi connectivity index (χ1n) is 6.97. The summed E-state index contributed by atoms with van der Waals surface area (Å²) in [7, 11) is 1.95. The number of amides is 1. The van der Waals surface area contributed by atoms with Crippen LogP contribution in [0.2, 0.25) is 0 Å². The zero-order valence-corrected chi connectivity index (χ0v) is 12.9. The Kier molecular flexibility index (Phi) is 7.88. The summed E-state index contributed by atoms with van der Waals surface area (Å²) >= 11 is 0. The van der Waals surface area contributed by atoms with Crippen molar-refractivity contribution < 1.29 is 4.79 Å². The lowest BCUT2D eigenvalue weighted by molar-refractivity contribution is -0.133. The smallest absolute Gasteiger partial charge is 0.222 e. The Bertz CT molecular complexity index is 254. The quantitative estimate of drug-likeness (QED) is 0.693. The highest BCUT2D eigenvalue weighted by molar-refractivity contribution is 5.85. The molecule has 1 atom stereocenters. The summed E-state index contributed by atoms with van der Waals surface area (Å²) < 4.78 is 0. The van der Waals surface area contributed by atoms with Crippen molar-refractivity contribution in [3.63, 3.8) is 0 Å². The van der Waals surface area contributed by atoms with E-state index in [1.807, 2.05) is 11.9 Å². The molecule has 0 saturated heterocycles. The molecule has 2 N–H and O–H groups in total. The number of hydrogen-bond acceptors (Lipinski definition) is 2. The van der Waals surface area contributed by atoms with E-state index in [0.29, 0.717) is 23.8 Å². The van der Waals surface area contributed by atoms with Gasteiger partial charge in [0.15, 0.2) is 0 Å². The van der Waals surface area contributed by atoms with Crippen LogP contribution in [0.3, 0.4) is 0 Å². The van der Waals surface area contributed by atoms with Crippen LogP contribution in [0.4, 0.5) is 0 Å². The molecule has 3 nitrogen and oxygen atoms in total. The fourth-order valence-corrected chi connectivity index (χ4v) is 2.25. The minimum absolute atomic E-state index is 0. The standard InChI is InChI=1S/C14H28N2O.ClH/c1-12(14(2)9-10-14)16(3)13(17)8-6-4-5-7-11-15;/h12H,4-11,15H2,1-3H3;1H. The molecule has 1 saturated carbocycles. The Labute approximate surface area is 118 Å². The number of nitrogens with two attached hydrogens (primary N) is 1. The molecular weight excluding hydrogens is 248 g/mol. The SMILES string of the molecule is CC(N(C)C(=O)CCCCCCN)C1(C)CC1.Cl. The fraction of sp³-hybridized carbons (Fsp3) is 0.929. The van der Waals surface area contributed by atoms with Gasteiger partial charge < -0.3 is 10.6 Å². The lowest BCUT2D eigenvalue weighted by atomic mass is 9.99. The Morgan fingerprint density at radius 2 is 1.83 bits per heavy atom. The lowest BCUT2D eigenvalue weighted by Crippen LogP contribution is -2.39. The molecule has 18 heavy (non-hydrogen) atoms. The summed E-state index contributed by atoms with van der Waals surface area (Å²) in [5, 5.41) is 0. The molecule has 0 aliphatic heterocycles. The minimum atomic E-state index is 0. The first-order chi connectivity index (χ1) is 8.01. The first-order valence-corrected chi connectivity index (χ1v) is 6.97. The fourth-order valence-electron chi connectivity index (χ4n) is 2.25. The number of carbonyl (C=O) groups is 1. The summed E-state index contributed by atoms with van der Waals surface area (Å²) in [5.41, 5.74) is 5.83. The van der Waals surface area contributed by atoms with Crippen LogP contribution in [0, 0.1) is 5.41 Å². The second-order valence-corrected chi connectivity index (χ2v) is 5.79. The molecule has 0 aromatic heterocycles. The summed E-state index contributed by atoms with van der Waals surface area (Å²) in [6.07, 6.45) is 7.60. The molecule has 4 heteroatoms. The van der Waals surface area contributed by atoms with E-state index in [0.717, 1.165) is 32.2 Å². The predicted octanol–water partition coefficient (Wildman–Crippen LogP) is 2.96. The number of halogens is 1. The van der Waals surface area contributed by atoms with E-state index in [1.165, 1.54) is 12.8 Å². The van der Waals surface area contributed by atoms with Crippen molar-refractivity contribution in [1.82, 2.24) is 4.90 Å². The van der Waals surface area contributed by atoms with Crippen LogP contribution >= 0.6 is 12.4 Å². The van der Waals surface area contributed by atoms with E-state index in [1.54, 1.807) is 0 Å². The van der Waals surface area contributed by atoms with Gasteiger partial charge in [-0.25, -0.2) is 0 Å². The van der Waals surface area contributed by atoms with Gasteiger partial charge in [-0.3, -0.25) is 4.79 Å². The van der Waals surface area contributed by atoms with Crippen LogP contribution in [0.25, 0.3) is 0 Å². The highest BCUT2D eigenvalue weighted by Gasteiger charge is 2.44. The lowest BCUT2D eigenvalue weighted by Gasteiger charge is -2.30. The predicted molar refractivity (Wildman–Crippen MR) is 79.0 cm³/mol. The van der Waals surface area contributed by atoms with Crippen LogP contribution in [0.5, 0.6) is 0 Å². The zero-order valence-electron chi connectivity index (χ0n) is 12.1. The van der Waals surface area contributed by atoms with Crippen molar-refractivity contribution in [2.45, 2.75) is 64.8 Å². The van der Waals surface area contributed by atoms with E-state index < -0.39 is 0 Å². The molecule has 0 aromatic carbocycles. The number of nitrogens with zero attached hydrogens (tertiary/aromatic N) is 1. The molecule has 1 fully saturated rings. The maximum Gasteiger partial charge on any atom is 0.222 e. The van der Waals surface area contributed by atoms with Gasteiger partial charge in [0.25, 0.3) is 0 Å². The molecular formula is C14H29ClN2O. The molecule has 0 bridgehead atoms. The Balaban J connectivity index is 0.00000289. The van der Waals surface area contributed by atoms with Gasteiger partial charge in [-0.2, -0.15) is 0 Å². The van der Waals surface area contributed by atoms with E-state index >= 15 is 0 Å². The van der Waals surface area contributed by atoms with Crippen molar-refractivity contribution in [2.75, 3.05) is 13.6 Å². The third kappa shape index (κ3) is 5.15. The molecule has 0 heterocycles.